The predicted molar refractivity (Wildman–Crippen MR) is 137 cm³/mol. The number of hydrogen-bond donors (Lipinski definition) is 6. The maximum atomic E-state index is 12.9. The lowest BCUT2D eigenvalue weighted by molar-refractivity contribution is 0.0939. The van der Waals surface area contributed by atoms with Crippen molar-refractivity contribution in [1.82, 2.24) is 26.4 Å². The van der Waals surface area contributed by atoms with Gasteiger partial charge in [-0.2, -0.15) is 0 Å². The molecule has 2 unspecified atom stereocenters. The molecule has 190 valence electrons. The van der Waals surface area contributed by atoms with Crippen LogP contribution in [0, 0.1) is 5.92 Å². The molecule has 0 saturated carbocycles. The summed E-state index contributed by atoms with van der Waals surface area (Å²) in [5.41, 5.74) is 9.30. The number of aliphatic hydroxyl groups is 1. The Hall–Kier alpha value is -2.69. The number of aliphatic hydroxyl groups excluding tert-OH is 1. The van der Waals surface area contributed by atoms with Gasteiger partial charge in [0.15, 0.2) is 0 Å². The topological polar surface area (TPSA) is 110 Å². The molecule has 2 heterocycles. The fourth-order valence-corrected chi connectivity index (χ4v) is 4.93. The van der Waals surface area contributed by atoms with E-state index in [1.165, 1.54) is 0 Å². The van der Waals surface area contributed by atoms with Gasteiger partial charge in [0.05, 0.1) is 32.1 Å². The van der Waals surface area contributed by atoms with E-state index in [0.29, 0.717) is 24.6 Å². The standard InChI is InChI=1S/C26H38N6O3/c1-18(20-5-4-8-23(16-20)35-2)29-26(34)21-6-3-7-22(15-21)28-17-24-30-31-25(32(24)13-14-33)19-9-11-27-12-10-19/h3-8,15-16,18-19,24-25,27-28,30-31,33H,9-14,17H2,1-2H3,(H,29,34)/t18-,24?,25?/m0/s1. The molecule has 4 rings (SSSR count). The number of piperidine rings is 1. The molecule has 9 heteroatoms. The van der Waals surface area contributed by atoms with Crippen LogP contribution in [0.4, 0.5) is 5.69 Å². The molecule has 2 aliphatic rings. The van der Waals surface area contributed by atoms with E-state index in [1.807, 2.05) is 55.5 Å². The van der Waals surface area contributed by atoms with Crippen molar-refractivity contribution in [2.75, 3.05) is 45.2 Å². The average molecular weight is 483 g/mol. The molecule has 2 aromatic carbocycles. The number of carbonyl (C=O) groups is 1. The number of methoxy groups -OCH3 is 1. The number of amides is 1. The van der Waals surface area contributed by atoms with Gasteiger partial charge in [0.2, 0.25) is 0 Å². The molecule has 0 aromatic heterocycles. The van der Waals surface area contributed by atoms with Crippen molar-refractivity contribution < 1.29 is 14.6 Å². The van der Waals surface area contributed by atoms with Crippen molar-refractivity contribution in [3.05, 3.63) is 59.7 Å². The van der Waals surface area contributed by atoms with Crippen LogP contribution >= 0.6 is 0 Å². The Bertz CT molecular complexity index is 968. The molecule has 0 bridgehead atoms. The zero-order valence-corrected chi connectivity index (χ0v) is 20.6. The lowest BCUT2D eigenvalue weighted by atomic mass is 9.94. The van der Waals surface area contributed by atoms with Gasteiger partial charge in [-0.3, -0.25) is 9.69 Å². The van der Waals surface area contributed by atoms with E-state index in [9.17, 15) is 9.90 Å². The number of rotatable bonds is 10. The normalized spacial score (nSPS) is 22.0. The zero-order valence-electron chi connectivity index (χ0n) is 20.6. The first kappa shape index (κ1) is 25.4. The van der Waals surface area contributed by atoms with Gasteiger partial charge in [-0.05, 0) is 74.7 Å². The summed E-state index contributed by atoms with van der Waals surface area (Å²) in [6.45, 7) is 5.38. The van der Waals surface area contributed by atoms with Crippen LogP contribution in [0.25, 0.3) is 0 Å². The fraction of sp³-hybridized carbons (Fsp3) is 0.500. The number of ether oxygens (including phenoxy) is 1. The van der Waals surface area contributed by atoms with Crippen molar-refractivity contribution >= 4 is 11.6 Å². The minimum absolute atomic E-state index is 0.0348. The molecular formula is C26H38N6O3. The van der Waals surface area contributed by atoms with Gasteiger partial charge in [-0.15, -0.1) is 0 Å². The first-order chi connectivity index (χ1) is 17.1. The van der Waals surface area contributed by atoms with Crippen LogP contribution in [-0.4, -0.2) is 68.1 Å². The van der Waals surface area contributed by atoms with E-state index in [2.05, 4.69) is 31.7 Å². The summed E-state index contributed by atoms with van der Waals surface area (Å²) < 4.78 is 5.29. The van der Waals surface area contributed by atoms with E-state index >= 15 is 0 Å². The molecular weight excluding hydrogens is 444 g/mol. The Balaban J connectivity index is 1.35. The lowest BCUT2D eigenvalue weighted by Gasteiger charge is -2.35. The van der Waals surface area contributed by atoms with Gasteiger partial charge in [0, 0.05) is 24.3 Å². The van der Waals surface area contributed by atoms with Gasteiger partial charge in [-0.1, -0.05) is 18.2 Å². The van der Waals surface area contributed by atoms with Gasteiger partial charge in [0.25, 0.3) is 5.91 Å². The van der Waals surface area contributed by atoms with Crippen molar-refractivity contribution in [2.24, 2.45) is 5.92 Å². The second kappa shape index (κ2) is 12.3. The summed E-state index contributed by atoms with van der Waals surface area (Å²) in [4.78, 5) is 15.2. The highest BCUT2D eigenvalue weighted by Gasteiger charge is 2.37. The quantitative estimate of drug-likeness (QED) is 0.303. The molecule has 35 heavy (non-hydrogen) atoms. The van der Waals surface area contributed by atoms with Crippen LogP contribution in [0.2, 0.25) is 0 Å². The Morgan fingerprint density at radius 2 is 1.97 bits per heavy atom. The van der Waals surface area contributed by atoms with E-state index < -0.39 is 0 Å². The largest absolute Gasteiger partial charge is 0.497 e. The Morgan fingerprint density at radius 3 is 2.74 bits per heavy atom. The molecule has 9 nitrogen and oxygen atoms in total. The van der Waals surface area contributed by atoms with Crippen LogP contribution in [0.15, 0.2) is 48.5 Å². The van der Waals surface area contributed by atoms with Crippen molar-refractivity contribution in [1.29, 1.82) is 0 Å². The molecule has 1 amide bonds. The second-order valence-electron chi connectivity index (χ2n) is 9.23. The lowest BCUT2D eigenvalue weighted by Crippen LogP contribution is -2.49. The highest BCUT2D eigenvalue weighted by molar-refractivity contribution is 5.95. The number of benzene rings is 2. The Morgan fingerprint density at radius 1 is 1.17 bits per heavy atom. The predicted octanol–water partition coefficient (Wildman–Crippen LogP) is 1.65. The van der Waals surface area contributed by atoms with Crippen LogP contribution in [0.5, 0.6) is 5.75 Å². The first-order valence-electron chi connectivity index (χ1n) is 12.5. The highest BCUT2D eigenvalue weighted by atomic mass is 16.5. The first-order valence-corrected chi connectivity index (χ1v) is 12.5. The maximum absolute atomic E-state index is 12.9. The number of anilines is 1. The van der Waals surface area contributed by atoms with Crippen molar-refractivity contribution in [2.45, 2.75) is 38.1 Å². The van der Waals surface area contributed by atoms with Crippen molar-refractivity contribution in [3.63, 3.8) is 0 Å². The molecule has 0 spiro atoms. The molecule has 2 saturated heterocycles. The van der Waals surface area contributed by atoms with Crippen LogP contribution < -0.4 is 31.5 Å². The second-order valence-corrected chi connectivity index (χ2v) is 9.23. The SMILES string of the molecule is COc1cccc([C@H](C)NC(=O)c2cccc(NCC3NNC(C4CCNCC4)N3CCO)c2)c1. The molecule has 0 aliphatic carbocycles. The molecule has 2 fully saturated rings. The van der Waals surface area contributed by atoms with Gasteiger partial charge in [-0.25, -0.2) is 10.9 Å². The number of carbonyl (C=O) groups excluding carboxylic acids is 1. The third-order valence-corrected chi connectivity index (χ3v) is 6.91. The molecule has 2 aromatic rings. The van der Waals surface area contributed by atoms with E-state index in [0.717, 1.165) is 42.9 Å². The monoisotopic (exact) mass is 482 g/mol. The summed E-state index contributed by atoms with van der Waals surface area (Å²) in [5, 5.41) is 19.6. The van der Waals surface area contributed by atoms with Crippen LogP contribution in [-0.2, 0) is 0 Å². The van der Waals surface area contributed by atoms with Crippen molar-refractivity contribution in [3.8, 4) is 5.75 Å². The molecule has 2 aliphatic heterocycles. The molecule has 3 atom stereocenters. The zero-order chi connectivity index (χ0) is 24.6. The van der Waals surface area contributed by atoms with E-state index in [-0.39, 0.29) is 30.9 Å². The molecule has 0 radical (unpaired) electrons. The van der Waals surface area contributed by atoms with Gasteiger partial charge in [0.1, 0.15) is 5.75 Å². The van der Waals surface area contributed by atoms with Crippen LogP contribution in [0.3, 0.4) is 0 Å². The third-order valence-electron chi connectivity index (χ3n) is 6.91. The summed E-state index contributed by atoms with van der Waals surface area (Å²) >= 11 is 0. The van der Waals surface area contributed by atoms with Gasteiger partial charge >= 0.3 is 0 Å². The number of nitrogens with one attached hydrogen (secondary N) is 5. The summed E-state index contributed by atoms with van der Waals surface area (Å²) in [6.07, 6.45) is 2.47. The number of hydrogen-bond acceptors (Lipinski definition) is 8. The minimum atomic E-state index is -0.151. The summed E-state index contributed by atoms with van der Waals surface area (Å²) in [6, 6.07) is 15.1. The summed E-state index contributed by atoms with van der Waals surface area (Å²) in [5.74, 6) is 1.18. The number of nitrogens with zero attached hydrogens (tertiary/aromatic N) is 1. The minimum Gasteiger partial charge on any atom is -0.497 e. The third kappa shape index (κ3) is 6.50. The number of hydrazine groups is 1. The highest BCUT2D eigenvalue weighted by Crippen LogP contribution is 2.24. The Kier molecular flexibility index (Phi) is 8.95. The fourth-order valence-electron chi connectivity index (χ4n) is 4.93. The van der Waals surface area contributed by atoms with Crippen LogP contribution in [0.1, 0.15) is 41.7 Å². The molecule has 6 N–H and O–H groups in total. The number of β-amino-alcohol motifs (C(OH)–C–C–N with tert-alkyl or cyclic N) is 1. The van der Waals surface area contributed by atoms with E-state index in [4.69, 9.17) is 4.74 Å². The average Bonchev–Trinajstić information content (AvgIpc) is 3.30. The smallest absolute Gasteiger partial charge is 0.251 e. The Labute approximate surface area is 207 Å². The van der Waals surface area contributed by atoms with E-state index in [1.54, 1.807) is 7.11 Å². The summed E-state index contributed by atoms with van der Waals surface area (Å²) in [7, 11) is 1.63. The van der Waals surface area contributed by atoms with Gasteiger partial charge < -0.3 is 25.8 Å². The maximum Gasteiger partial charge on any atom is 0.251 e.